The maximum Gasteiger partial charge on any atom is 0.163 e. The fourth-order valence-corrected chi connectivity index (χ4v) is 4.02. The predicted octanol–water partition coefficient (Wildman–Crippen LogP) is 5.35. The normalized spacial score (nSPS) is 16.1. The minimum absolute atomic E-state index is 0.192. The molecule has 6 nitrogen and oxygen atoms in total. The van der Waals surface area contributed by atoms with Crippen molar-refractivity contribution in [1.29, 1.82) is 0 Å². The van der Waals surface area contributed by atoms with Gasteiger partial charge in [0.25, 0.3) is 0 Å². The predicted molar refractivity (Wildman–Crippen MR) is 127 cm³/mol. The molecule has 2 aromatic carbocycles. The van der Waals surface area contributed by atoms with E-state index in [2.05, 4.69) is 34.6 Å². The molecule has 1 aliphatic rings. The van der Waals surface area contributed by atoms with E-state index in [1.165, 1.54) is 6.42 Å². The molecule has 4 aromatic rings. The van der Waals surface area contributed by atoms with Crippen molar-refractivity contribution >= 4 is 16.7 Å². The number of rotatable bonds is 6. The molecule has 1 N–H and O–H groups in total. The number of hydrogen-bond acceptors (Lipinski definition) is 6. The van der Waals surface area contributed by atoms with Crippen LogP contribution >= 0.6 is 0 Å². The van der Waals surface area contributed by atoms with Crippen molar-refractivity contribution in [2.45, 2.75) is 25.4 Å². The van der Waals surface area contributed by atoms with Crippen molar-refractivity contribution in [3.8, 4) is 28.3 Å². The number of ether oxygens (including phenoxy) is 2. The topological polar surface area (TPSA) is 69.2 Å². The Kier molecular flexibility index (Phi) is 5.94. The van der Waals surface area contributed by atoms with E-state index in [4.69, 9.17) is 19.4 Å². The van der Waals surface area contributed by atoms with Crippen molar-refractivity contribution in [2.24, 2.45) is 0 Å². The van der Waals surface area contributed by atoms with Gasteiger partial charge in [-0.2, -0.15) is 0 Å². The van der Waals surface area contributed by atoms with E-state index < -0.39 is 0 Å². The quantitative estimate of drug-likeness (QED) is 0.448. The van der Waals surface area contributed by atoms with Crippen molar-refractivity contribution in [3.63, 3.8) is 0 Å². The molecular formula is C26H26N4O2. The largest absolute Gasteiger partial charge is 0.491 e. The molecule has 0 amide bonds. The first-order valence-corrected chi connectivity index (χ1v) is 11.0. The van der Waals surface area contributed by atoms with E-state index in [-0.39, 0.29) is 6.10 Å². The molecule has 1 fully saturated rings. The van der Waals surface area contributed by atoms with E-state index in [1.807, 2.05) is 37.4 Å². The van der Waals surface area contributed by atoms with Gasteiger partial charge in [0.2, 0.25) is 0 Å². The van der Waals surface area contributed by atoms with Gasteiger partial charge in [-0.25, -0.2) is 9.97 Å². The Morgan fingerprint density at radius 2 is 1.91 bits per heavy atom. The Labute approximate surface area is 187 Å². The molecule has 1 saturated heterocycles. The Morgan fingerprint density at radius 3 is 2.72 bits per heavy atom. The molecule has 0 radical (unpaired) electrons. The van der Waals surface area contributed by atoms with Crippen LogP contribution in [0.1, 0.15) is 19.3 Å². The number of nitrogens with one attached hydrogen (secondary N) is 1. The minimum atomic E-state index is 0.192. The van der Waals surface area contributed by atoms with Gasteiger partial charge in [0.1, 0.15) is 18.2 Å². The minimum Gasteiger partial charge on any atom is -0.491 e. The van der Waals surface area contributed by atoms with Crippen LogP contribution < -0.4 is 10.1 Å². The first kappa shape index (κ1) is 20.4. The lowest BCUT2D eigenvalue weighted by Gasteiger charge is -2.22. The Hall–Kier alpha value is -3.51. The first-order chi connectivity index (χ1) is 15.8. The zero-order valence-electron chi connectivity index (χ0n) is 18.1. The number of anilines is 1. The van der Waals surface area contributed by atoms with Gasteiger partial charge in [0.05, 0.1) is 11.6 Å². The molecule has 5 rings (SSSR count). The van der Waals surface area contributed by atoms with Crippen LogP contribution in [0.3, 0.4) is 0 Å². The number of hydrogen-bond donors (Lipinski definition) is 1. The third-order valence-electron chi connectivity index (χ3n) is 5.73. The van der Waals surface area contributed by atoms with Crippen LogP contribution in [0.25, 0.3) is 33.4 Å². The van der Waals surface area contributed by atoms with Crippen LogP contribution in [0.5, 0.6) is 5.75 Å². The van der Waals surface area contributed by atoms with E-state index in [9.17, 15) is 0 Å². The standard InChI is InChI=1S/C26H26N4O2/c1-27-26-23-15-19(10-11-24(23)29-25(30-26)20-7-5-12-28-16-20)18-6-4-9-21(14-18)32-17-22-8-2-3-13-31-22/h4-7,9-12,14-16,22H,2-3,8,13,17H2,1H3,(H,27,29,30). The third-order valence-corrected chi connectivity index (χ3v) is 5.73. The molecular weight excluding hydrogens is 400 g/mol. The molecule has 6 heteroatoms. The molecule has 0 bridgehead atoms. The van der Waals surface area contributed by atoms with E-state index in [0.29, 0.717) is 12.4 Å². The van der Waals surface area contributed by atoms with Crippen LogP contribution in [0.4, 0.5) is 5.82 Å². The maximum atomic E-state index is 6.04. The zero-order valence-corrected chi connectivity index (χ0v) is 18.1. The summed E-state index contributed by atoms with van der Waals surface area (Å²) in [6.07, 6.45) is 7.14. The highest BCUT2D eigenvalue weighted by Crippen LogP contribution is 2.31. The van der Waals surface area contributed by atoms with E-state index in [0.717, 1.165) is 58.6 Å². The molecule has 1 atom stereocenters. The highest BCUT2D eigenvalue weighted by atomic mass is 16.5. The Balaban J connectivity index is 1.43. The van der Waals surface area contributed by atoms with Gasteiger partial charge in [0, 0.05) is 37.0 Å². The zero-order chi connectivity index (χ0) is 21.8. The fourth-order valence-electron chi connectivity index (χ4n) is 4.02. The van der Waals surface area contributed by atoms with Crippen LogP contribution in [0.2, 0.25) is 0 Å². The lowest BCUT2D eigenvalue weighted by Crippen LogP contribution is -2.25. The van der Waals surface area contributed by atoms with E-state index in [1.54, 1.807) is 12.4 Å². The van der Waals surface area contributed by atoms with E-state index >= 15 is 0 Å². The molecule has 32 heavy (non-hydrogen) atoms. The lowest BCUT2D eigenvalue weighted by molar-refractivity contribution is -0.0110. The molecule has 2 aromatic heterocycles. The second-order valence-corrected chi connectivity index (χ2v) is 7.95. The van der Waals surface area contributed by atoms with Crippen molar-refractivity contribution in [1.82, 2.24) is 15.0 Å². The smallest absolute Gasteiger partial charge is 0.163 e. The summed E-state index contributed by atoms with van der Waals surface area (Å²) in [5.41, 5.74) is 3.95. The first-order valence-electron chi connectivity index (χ1n) is 11.0. The van der Waals surface area contributed by atoms with Gasteiger partial charge in [-0.3, -0.25) is 4.98 Å². The summed E-state index contributed by atoms with van der Waals surface area (Å²) in [7, 11) is 1.88. The summed E-state index contributed by atoms with van der Waals surface area (Å²) in [5.74, 6) is 2.30. The second kappa shape index (κ2) is 9.32. The third kappa shape index (κ3) is 4.41. The summed E-state index contributed by atoms with van der Waals surface area (Å²) in [6, 6.07) is 18.3. The monoisotopic (exact) mass is 426 g/mol. The average molecular weight is 427 g/mol. The van der Waals surface area contributed by atoms with Gasteiger partial charge in [-0.05, 0) is 66.8 Å². The summed E-state index contributed by atoms with van der Waals surface area (Å²) in [6.45, 7) is 1.43. The van der Waals surface area contributed by atoms with Crippen molar-refractivity contribution < 1.29 is 9.47 Å². The number of fused-ring (bicyclic) bond motifs is 1. The molecule has 1 unspecified atom stereocenters. The molecule has 0 aliphatic carbocycles. The SMILES string of the molecule is CNc1nc(-c2cccnc2)nc2ccc(-c3cccc(OCC4CCCCO4)c3)cc12. The van der Waals surface area contributed by atoms with Gasteiger partial charge in [0.15, 0.2) is 5.82 Å². The summed E-state index contributed by atoms with van der Waals surface area (Å²) < 4.78 is 11.8. The van der Waals surface area contributed by atoms with Crippen LogP contribution in [0.15, 0.2) is 67.0 Å². The van der Waals surface area contributed by atoms with Gasteiger partial charge < -0.3 is 14.8 Å². The highest BCUT2D eigenvalue weighted by molar-refractivity contribution is 5.94. The van der Waals surface area contributed by atoms with Crippen LogP contribution in [-0.4, -0.2) is 41.3 Å². The number of pyridine rings is 1. The Morgan fingerprint density at radius 1 is 1.00 bits per heavy atom. The molecule has 0 saturated carbocycles. The highest BCUT2D eigenvalue weighted by Gasteiger charge is 2.15. The lowest BCUT2D eigenvalue weighted by atomic mass is 10.0. The number of aromatic nitrogens is 3. The molecule has 162 valence electrons. The van der Waals surface area contributed by atoms with Crippen molar-refractivity contribution in [3.05, 3.63) is 67.0 Å². The van der Waals surface area contributed by atoms with Gasteiger partial charge >= 0.3 is 0 Å². The second-order valence-electron chi connectivity index (χ2n) is 7.95. The summed E-state index contributed by atoms with van der Waals surface area (Å²) in [5, 5.41) is 4.19. The summed E-state index contributed by atoms with van der Waals surface area (Å²) >= 11 is 0. The van der Waals surface area contributed by atoms with Gasteiger partial charge in [-0.1, -0.05) is 18.2 Å². The Bertz CT molecular complexity index is 1210. The number of benzene rings is 2. The van der Waals surface area contributed by atoms with Crippen molar-refractivity contribution in [2.75, 3.05) is 25.6 Å². The van der Waals surface area contributed by atoms with Crippen LogP contribution in [0, 0.1) is 0 Å². The molecule has 3 heterocycles. The summed E-state index contributed by atoms with van der Waals surface area (Å²) in [4.78, 5) is 13.7. The number of nitrogens with zero attached hydrogens (tertiary/aromatic N) is 3. The maximum absolute atomic E-state index is 6.04. The molecule has 0 spiro atoms. The van der Waals surface area contributed by atoms with Crippen LogP contribution in [-0.2, 0) is 4.74 Å². The fraction of sp³-hybridized carbons (Fsp3) is 0.269. The van der Waals surface area contributed by atoms with Gasteiger partial charge in [-0.15, -0.1) is 0 Å². The molecule has 1 aliphatic heterocycles. The average Bonchev–Trinajstić information content (AvgIpc) is 2.88.